The van der Waals surface area contributed by atoms with Crippen LogP contribution in [0.5, 0.6) is 11.5 Å². The highest BCUT2D eigenvalue weighted by molar-refractivity contribution is 5.76. The molecular weight excluding hydrogens is 376 g/mol. The Hall–Kier alpha value is -2.63. The van der Waals surface area contributed by atoms with Gasteiger partial charge in [0.2, 0.25) is 5.91 Å². The number of alkyl halides is 2. The van der Waals surface area contributed by atoms with E-state index in [1.54, 1.807) is 24.1 Å². The van der Waals surface area contributed by atoms with Gasteiger partial charge in [0.05, 0.1) is 6.10 Å². The molecule has 0 aromatic heterocycles. The summed E-state index contributed by atoms with van der Waals surface area (Å²) < 4.78 is 34.8. The molecule has 0 saturated heterocycles. The quantitative estimate of drug-likeness (QED) is 0.578. The predicted molar refractivity (Wildman–Crippen MR) is 107 cm³/mol. The average molecular weight is 403 g/mol. The molecule has 1 saturated carbocycles. The highest BCUT2D eigenvalue weighted by Crippen LogP contribution is 2.25. The first-order valence-corrected chi connectivity index (χ1v) is 10.0. The zero-order valence-corrected chi connectivity index (χ0v) is 16.7. The monoisotopic (exact) mass is 403 g/mol. The van der Waals surface area contributed by atoms with Gasteiger partial charge in [-0.15, -0.1) is 0 Å². The van der Waals surface area contributed by atoms with E-state index in [4.69, 9.17) is 4.74 Å². The number of carbonyl (C=O) groups excluding carboxylic acids is 1. The Balaban J connectivity index is 1.47. The second kappa shape index (κ2) is 10.2. The minimum Gasteiger partial charge on any atom is -0.490 e. The van der Waals surface area contributed by atoms with Crippen LogP contribution in [-0.4, -0.2) is 30.6 Å². The molecule has 0 unspecified atom stereocenters. The summed E-state index contributed by atoms with van der Waals surface area (Å²) >= 11 is 0. The second-order valence-corrected chi connectivity index (χ2v) is 7.44. The lowest BCUT2D eigenvalue weighted by molar-refractivity contribution is -0.130. The van der Waals surface area contributed by atoms with Crippen LogP contribution in [-0.2, 0) is 17.8 Å². The summed E-state index contributed by atoms with van der Waals surface area (Å²) in [5.74, 6) is 1.01. The van der Waals surface area contributed by atoms with Crippen molar-refractivity contribution in [3.8, 4) is 11.5 Å². The maximum Gasteiger partial charge on any atom is 0.387 e. The van der Waals surface area contributed by atoms with Gasteiger partial charge in [-0.05, 0) is 67.5 Å². The number of aryl methyl sites for hydroxylation is 1. The normalized spacial score (nSPS) is 14.2. The molecule has 1 amide bonds. The topological polar surface area (TPSA) is 38.8 Å². The van der Waals surface area contributed by atoms with Gasteiger partial charge in [-0.2, -0.15) is 8.78 Å². The Labute approximate surface area is 170 Å². The smallest absolute Gasteiger partial charge is 0.387 e. The van der Waals surface area contributed by atoms with Crippen LogP contribution in [0.1, 0.15) is 43.2 Å². The van der Waals surface area contributed by atoms with Crippen molar-refractivity contribution in [1.29, 1.82) is 0 Å². The lowest BCUT2D eigenvalue weighted by Gasteiger charge is -2.18. The molecule has 3 rings (SSSR count). The van der Waals surface area contributed by atoms with Crippen LogP contribution in [0.15, 0.2) is 48.5 Å². The molecule has 0 heterocycles. The minimum absolute atomic E-state index is 0.0278. The molecule has 1 aliphatic carbocycles. The maximum absolute atomic E-state index is 12.5. The molecule has 2 aromatic rings. The van der Waals surface area contributed by atoms with Crippen LogP contribution in [0.3, 0.4) is 0 Å². The first-order valence-electron chi connectivity index (χ1n) is 10.0. The van der Waals surface area contributed by atoms with Crippen LogP contribution < -0.4 is 9.47 Å². The SMILES string of the molecule is CN(Cc1ccc(OC(F)F)cc1)C(=O)CCc1cccc(OC2CCCC2)c1. The maximum atomic E-state index is 12.5. The van der Waals surface area contributed by atoms with Crippen molar-refractivity contribution in [1.82, 2.24) is 4.90 Å². The van der Waals surface area contributed by atoms with E-state index >= 15 is 0 Å². The fraction of sp³-hybridized carbons (Fsp3) is 0.435. The zero-order valence-electron chi connectivity index (χ0n) is 16.7. The molecule has 0 spiro atoms. The molecule has 156 valence electrons. The van der Waals surface area contributed by atoms with Gasteiger partial charge in [-0.3, -0.25) is 4.79 Å². The molecule has 6 heteroatoms. The van der Waals surface area contributed by atoms with Crippen molar-refractivity contribution < 1.29 is 23.0 Å². The number of nitrogens with zero attached hydrogens (tertiary/aromatic N) is 1. The summed E-state index contributed by atoms with van der Waals surface area (Å²) in [5, 5.41) is 0. The fourth-order valence-corrected chi connectivity index (χ4v) is 3.55. The van der Waals surface area contributed by atoms with Crippen molar-refractivity contribution >= 4 is 5.91 Å². The zero-order chi connectivity index (χ0) is 20.6. The summed E-state index contributed by atoms with van der Waals surface area (Å²) in [7, 11) is 1.74. The molecule has 0 atom stereocenters. The molecule has 1 aliphatic rings. The van der Waals surface area contributed by atoms with Gasteiger partial charge in [0.25, 0.3) is 0 Å². The van der Waals surface area contributed by atoms with Gasteiger partial charge in [-0.1, -0.05) is 24.3 Å². The van der Waals surface area contributed by atoms with Gasteiger partial charge in [0.1, 0.15) is 11.5 Å². The molecule has 0 aliphatic heterocycles. The number of hydrogen-bond acceptors (Lipinski definition) is 3. The fourth-order valence-electron chi connectivity index (χ4n) is 3.55. The standard InChI is InChI=1S/C23H27F2NO3/c1-26(16-18-9-12-20(13-10-18)29-23(24)25)22(27)14-11-17-5-4-8-21(15-17)28-19-6-2-3-7-19/h4-5,8-10,12-13,15,19,23H,2-3,6-7,11,14,16H2,1H3. The molecule has 1 fully saturated rings. The number of ether oxygens (including phenoxy) is 2. The molecule has 0 radical (unpaired) electrons. The predicted octanol–water partition coefficient (Wildman–Crippen LogP) is 5.20. The van der Waals surface area contributed by atoms with Crippen LogP contribution in [0, 0.1) is 0 Å². The van der Waals surface area contributed by atoms with E-state index < -0.39 is 6.61 Å². The Morgan fingerprint density at radius 3 is 2.48 bits per heavy atom. The van der Waals surface area contributed by atoms with Crippen LogP contribution >= 0.6 is 0 Å². The van der Waals surface area contributed by atoms with Crippen LogP contribution in [0.4, 0.5) is 8.78 Å². The third-order valence-electron chi connectivity index (χ3n) is 5.12. The van der Waals surface area contributed by atoms with E-state index in [-0.39, 0.29) is 11.7 Å². The minimum atomic E-state index is -2.84. The Morgan fingerprint density at radius 2 is 1.79 bits per heavy atom. The third kappa shape index (κ3) is 6.73. The number of carbonyl (C=O) groups is 1. The van der Waals surface area contributed by atoms with Gasteiger partial charge in [-0.25, -0.2) is 0 Å². The number of benzene rings is 2. The van der Waals surface area contributed by atoms with Gasteiger partial charge in [0, 0.05) is 20.0 Å². The average Bonchev–Trinajstić information content (AvgIpc) is 3.20. The van der Waals surface area contributed by atoms with Gasteiger partial charge >= 0.3 is 6.61 Å². The van der Waals surface area contributed by atoms with E-state index in [0.29, 0.717) is 25.5 Å². The highest BCUT2D eigenvalue weighted by Gasteiger charge is 2.16. The molecule has 0 bridgehead atoms. The first kappa shape index (κ1) is 21.1. The lowest BCUT2D eigenvalue weighted by Crippen LogP contribution is -2.26. The van der Waals surface area contributed by atoms with Crippen molar-refractivity contribution in [3.63, 3.8) is 0 Å². The number of hydrogen-bond donors (Lipinski definition) is 0. The van der Waals surface area contributed by atoms with E-state index in [0.717, 1.165) is 29.7 Å². The Kier molecular flexibility index (Phi) is 7.44. The molecule has 2 aromatic carbocycles. The number of rotatable bonds is 9. The van der Waals surface area contributed by atoms with E-state index in [9.17, 15) is 13.6 Å². The molecule has 29 heavy (non-hydrogen) atoms. The summed E-state index contributed by atoms with van der Waals surface area (Å²) in [6.45, 7) is -2.43. The highest BCUT2D eigenvalue weighted by atomic mass is 19.3. The Morgan fingerprint density at radius 1 is 1.07 bits per heavy atom. The van der Waals surface area contributed by atoms with Gasteiger partial charge in [0.15, 0.2) is 0 Å². The Bertz CT molecular complexity index is 789. The van der Waals surface area contributed by atoms with E-state index in [1.807, 2.05) is 24.3 Å². The first-order chi connectivity index (χ1) is 14.0. The summed E-state index contributed by atoms with van der Waals surface area (Å²) in [6, 6.07) is 14.3. The van der Waals surface area contributed by atoms with E-state index in [1.165, 1.54) is 25.0 Å². The third-order valence-corrected chi connectivity index (χ3v) is 5.12. The van der Waals surface area contributed by atoms with Gasteiger partial charge < -0.3 is 14.4 Å². The van der Waals surface area contributed by atoms with Crippen molar-refractivity contribution in [2.24, 2.45) is 0 Å². The van der Waals surface area contributed by atoms with Crippen LogP contribution in [0.2, 0.25) is 0 Å². The molecule has 0 N–H and O–H groups in total. The molecular formula is C23H27F2NO3. The van der Waals surface area contributed by atoms with Crippen LogP contribution in [0.25, 0.3) is 0 Å². The van der Waals surface area contributed by atoms with E-state index in [2.05, 4.69) is 4.74 Å². The summed E-state index contributed by atoms with van der Waals surface area (Å²) in [4.78, 5) is 14.1. The second-order valence-electron chi connectivity index (χ2n) is 7.44. The number of halogens is 2. The summed E-state index contributed by atoms with van der Waals surface area (Å²) in [6.07, 6.45) is 6.05. The lowest BCUT2D eigenvalue weighted by atomic mass is 10.1. The number of amides is 1. The van der Waals surface area contributed by atoms with Crippen molar-refractivity contribution in [2.45, 2.75) is 57.8 Å². The largest absolute Gasteiger partial charge is 0.490 e. The van der Waals surface area contributed by atoms with Crippen molar-refractivity contribution in [3.05, 3.63) is 59.7 Å². The van der Waals surface area contributed by atoms with Crippen molar-refractivity contribution in [2.75, 3.05) is 7.05 Å². The molecule has 4 nitrogen and oxygen atoms in total. The summed E-state index contributed by atoms with van der Waals surface area (Å²) in [5.41, 5.74) is 1.94.